The summed E-state index contributed by atoms with van der Waals surface area (Å²) >= 11 is 0. The number of halogens is 1. The maximum Gasteiger partial charge on any atom is 0.418 e. The van der Waals surface area contributed by atoms with E-state index in [9.17, 15) is 23.6 Å². The van der Waals surface area contributed by atoms with Gasteiger partial charge in [0.2, 0.25) is 11.5 Å². The van der Waals surface area contributed by atoms with Crippen LogP contribution in [-0.2, 0) is 39.3 Å². The standard InChI is InChI=1S/C26H27FN4O5/c1-15-3-4-16-11-19(27)6-5-18(16)13-30(15)22(32)14-31-23(33)26(36-25(31)35)10-9-17-12-20(7-8-21(17)26)29-24(34)28-2/h5-8,11-12,15H,3-4,9-10,13-14H2,1-2H3,(H2,28,29,34)/t15-,26+/m1/s1. The molecule has 10 heteroatoms. The van der Waals surface area contributed by atoms with Crippen molar-refractivity contribution >= 4 is 29.6 Å². The molecule has 2 aromatic rings. The number of carbonyl (C=O) groups is 4. The Bertz CT molecular complexity index is 1280. The van der Waals surface area contributed by atoms with Crippen molar-refractivity contribution in [1.82, 2.24) is 15.1 Å². The third-order valence-corrected chi connectivity index (χ3v) is 7.33. The normalized spacial score (nSPS) is 22.7. The molecule has 0 saturated carbocycles. The lowest BCUT2D eigenvalue weighted by Crippen LogP contribution is -2.46. The molecule has 2 atom stereocenters. The van der Waals surface area contributed by atoms with E-state index in [1.54, 1.807) is 29.2 Å². The Hall–Kier alpha value is -3.95. The molecule has 2 aromatic carbocycles. The molecule has 9 nitrogen and oxygen atoms in total. The number of nitrogens with zero attached hydrogens (tertiary/aromatic N) is 2. The summed E-state index contributed by atoms with van der Waals surface area (Å²) in [5, 5.41) is 5.16. The van der Waals surface area contributed by atoms with Crippen LogP contribution >= 0.6 is 0 Å². The van der Waals surface area contributed by atoms with Gasteiger partial charge >= 0.3 is 12.1 Å². The summed E-state index contributed by atoms with van der Waals surface area (Å²) in [4.78, 5) is 53.8. The molecule has 2 heterocycles. The van der Waals surface area contributed by atoms with E-state index in [0.29, 0.717) is 30.5 Å². The van der Waals surface area contributed by atoms with Gasteiger partial charge in [-0.15, -0.1) is 0 Å². The molecule has 1 fully saturated rings. The van der Waals surface area contributed by atoms with E-state index in [-0.39, 0.29) is 36.8 Å². The van der Waals surface area contributed by atoms with Crippen LogP contribution in [0.1, 0.15) is 42.0 Å². The second-order valence-electron chi connectivity index (χ2n) is 9.48. The molecule has 5 rings (SSSR count). The number of ether oxygens (including phenoxy) is 1. The summed E-state index contributed by atoms with van der Waals surface area (Å²) in [7, 11) is 1.51. The fourth-order valence-electron chi connectivity index (χ4n) is 5.33. The minimum absolute atomic E-state index is 0.144. The van der Waals surface area contributed by atoms with Crippen molar-refractivity contribution in [3.8, 4) is 0 Å². The average Bonchev–Trinajstić information content (AvgIpc) is 3.26. The SMILES string of the molecule is CNC(=O)Nc1ccc2c(c1)CC[C@]21OC(=O)N(CC(=O)N2Cc3ccc(F)cc3CC[C@H]2C)C1=O. The zero-order chi connectivity index (χ0) is 25.6. The Morgan fingerprint density at radius 3 is 2.69 bits per heavy atom. The van der Waals surface area contributed by atoms with Crippen molar-refractivity contribution in [3.05, 3.63) is 64.5 Å². The number of imide groups is 1. The van der Waals surface area contributed by atoms with Crippen molar-refractivity contribution < 1.29 is 28.3 Å². The van der Waals surface area contributed by atoms with Crippen LogP contribution in [0.4, 0.5) is 19.7 Å². The van der Waals surface area contributed by atoms with E-state index in [0.717, 1.165) is 21.6 Å². The van der Waals surface area contributed by atoms with Crippen LogP contribution < -0.4 is 10.6 Å². The van der Waals surface area contributed by atoms with Gasteiger partial charge in [-0.25, -0.2) is 18.9 Å². The first-order valence-corrected chi connectivity index (χ1v) is 12.0. The highest BCUT2D eigenvalue weighted by Gasteiger charge is 2.58. The second-order valence-corrected chi connectivity index (χ2v) is 9.48. The molecular formula is C26H27FN4O5. The molecule has 1 saturated heterocycles. The molecular weight excluding hydrogens is 467 g/mol. The number of hydrogen-bond acceptors (Lipinski definition) is 5. The molecule has 0 aromatic heterocycles. The van der Waals surface area contributed by atoms with E-state index in [1.807, 2.05) is 6.92 Å². The Kier molecular flexibility index (Phi) is 5.89. The molecule has 0 unspecified atom stereocenters. The number of amides is 5. The van der Waals surface area contributed by atoms with E-state index in [2.05, 4.69) is 10.6 Å². The van der Waals surface area contributed by atoms with Crippen LogP contribution in [0, 0.1) is 5.82 Å². The lowest BCUT2D eigenvalue weighted by molar-refractivity contribution is -0.143. The number of anilines is 1. The number of nitrogens with one attached hydrogen (secondary N) is 2. The first kappa shape index (κ1) is 23.8. The number of urea groups is 1. The van der Waals surface area contributed by atoms with Gasteiger partial charge in [-0.05, 0) is 67.1 Å². The number of aryl methyl sites for hydroxylation is 2. The van der Waals surface area contributed by atoms with Crippen LogP contribution in [0.5, 0.6) is 0 Å². The Morgan fingerprint density at radius 2 is 1.92 bits per heavy atom. The third-order valence-electron chi connectivity index (χ3n) is 7.33. The largest absolute Gasteiger partial charge is 0.427 e. The molecule has 5 amide bonds. The predicted molar refractivity (Wildman–Crippen MR) is 127 cm³/mol. The highest BCUT2D eigenvalue weighted by molar-refractivity contribution is 6.06. The summed E-state index contributed by atoms with van der Waals surface area (Å²) in [6.07, 6.45) is 1.18. The molecule has 0 radical (unpaired) electrons. The molecule has 2 aliphatic heterocycles. The van der Waals surface area contributed by atoms with Crippen molar-refractivity contribution in [2.45, 2.75) is 50.8 Å². The van der Waals surface area contributed by atoms with Crippen molar-refractivity contribution in [1.29, 1.82) is 0 Å². The summed E-state index contributed by atoms with van der Waals surface area (Å²) in [5.41, 5.74) is 2.17. The van der Waals surface area contributed by atoms with Gasteiger partial charge < -0.3 is 20.3 Å². The highest BCUT2D eigenvalue weighted by Crippen LogP contribution is 2.46. The van der Waals surface area contributed by atoms with Crippen LogP contribution in [-0.4, -0.2) is 53.4 Å². The Morgan fingerprint density at radius 1 is 1.11 bits per heavy atom. The van der Waals surface area contributed by atoms with Gasteiger partial charge in [0.05, 0.1) is 0 Å². The molecule has 1 spiro atoms. The predicted octanol–water partition coefficient (Wildman–Crippen LogP) is 3.06. The Labute approximate surface area is 207 Å². The lowest BCUT2D eigenvalue weighted by Gasteiger charge is -2.28. The van der Waals surface area contributed by atoms with E-state index >= 15 is 0 Å². The van der Waals surface area contributed by atoms with Gasteiger partial charge in [-0.1, -0.05) is 12.1 Å². The minimum atomic E-state index is -1.47. The quantitative estimate of drug-likeness (QED) is 0.682. The van der Waals surface area contributed by atoms with Gasteiger partial charge in [-0.2, -0.15) is 0 Å². The second kappa shape index (κ2) is 8.92. The molecule has 36 heavy (non-hydrogen) atoms. The zero-order valence-electron chi connectivity index (χ0n) is 20.1. The number of carbonyl (C=O) groups excluding carboxylic acids is 4. The van der Waals surface area contributed by atoms with E-state index in [4.69, 9.17) is 4.74 Å². The number of hydrogen-bond donors (Lipinski definition) is 2. The first-order chi connectivity index (χ1) is 17.2. The molecule has 1 aliphatic carbocycles. The van der Waals surface area contributed by atoms with Crippen LogP contribution in [0.2, 0.25) is 0 Å². The molecule has 0 bridgehead atoms. The number of fused-ring (bicyclic) bond motifs is 3. The number of benzene rings is 2. The van der Waals surface area contributed by atoms with Gasteiger partial charge in [-0.3, -0.25) is 9.59 Å². The topological polar surface area (TPSA) is 108 Å². The summed E-state index contributed by atoms with van der Waals surface area (Å²) in [5.74, 6) is -1.24. The van der Waals surface area contributed by atoms with Crippen molar-refractivity contribution in [3.63, 3.8) is 0 Å². The molecule has 2 N–H and O–H groups in total. The van der Waals surface area contributed by atoms with Gasteiger partial charge in [0.25, 0.3) is 5.91 Å². The first-order valence-electron chi connectivity index (χ1n) is 12.0. The van der Waals surface area contributed by atoms with Gasteiger partial charge in [0, 0.05) is 37.3 Å². The Balaban J connectivity index is 1.34. The monoisotopic (exact) mass is 494 g/mol. The summed E-state index contributed by atoms with van der Waals surface area (Å²) in [6, 6.07) is 9.11. The molecule has 3 aliphatic rings. The van der Waals surface area contributed by atoms with E-state index in [1.165, 1.54) is 19.2 Å². The van der Waals surface area contributed by atoms with Gasteiger partial charge in [0.1, 0.15) is 12.4 Å². The smallest absolute Gasteiger partial charge is 0.418 e. The number of rotatable bonds is 3. The van der Waals surface area contributed by atoms with Gasteiger partial charge in [0.15, 0.2) is 0 Å². The van der Waals surface area contributed by atoms with Crippen LogP contribution in [0.25, 0.3) is 0 Å². The zero-order valence-corrected chi connectivity index (χ0v) is 20.1. The molecule has 188 valence electrons. The minimum Gasteiger partial charge on any atom is -0.427 e. The fraction of sp³-hybridized carbons (Fsp3) is 0.385. The average molecular weight is 495 g/mol. The summed E-state index contributed by atoms with van der Waals surface area (Å²) in [6.45, 7) is 1.76. The van der Waals surface area contributed by atoms with Crippen molar-refractivity contribution in [2.75, 3.05) is 18.9 Å². The fourth-order valence-corrected chi connectivity index (χ4v) is 5.33. The van der Waals surface area contributed by atoms with Crippen LogP contribution in [0.15, 0.2) is 36.4 Å². The van der Waals surface area contributed by atoms with Crippen molar-refractivity contribution in [2.24, 2.45) is 0 Å². The third kappa shape index (κ3) is 3.96. The maximum absolute atomic E-state index is 13.7. The highest BCUT2D eigenvalue weighted by atomic mass is 19.1. The maximum atomic E-state index is 13.7. The summed E-state index contributed by atoms with van der Waals surface area (Å²) < 4.78 is 19.3. The van der Waals surface area contributed by atoms with Crippen LogP contribution in [0.3, 0.4) is 0 Å². The van der Waals surface area contributed by atoms with E-state index < -0.39 is 24.1 Å². The lowest BCUT2D eigenvalue weighted by atomic mass is 9.94.